The number of phenolic OH excluding ortho intramolecular Hbond substituents is 1. The third-order valence-electron chi connectivity index (χ3n) is 3.39. The molecule has 0 fully saturated rings. The highest BCUT2D eigenvalue weighted by atomic mass is 19.1. The molecule has 0 aromatic heterocycles. The van der Waals surface area contributed by atoms with Crippen molar-refractivity contribution in [2.24, 2.45) is 0 Å². The van der Waals surface area contributed by atoms with Gasteiger partial charge in [0.05, 0.1) is 11.6 Å². The number of hydrogen-bond acceptors (Lipinski definition) is 3. The van der Waals surface area contributed by atoms with Crippen LogP contribution in [0.25, 0.3) is 0 Å². The third kappa shape index (κ3) is 3.13. The summed E-state index contributed by atoms with van der Waals surface area (Å²) in [5.41, 5.74) is 1.83. The summed E-state index contributed by atoms with van der Waals surface area (Å²) in [7, 11) is 0. The van der Waals surface area contributed by atoms with Crippen molar-refractivity contribution in [2.75, 3.05) is 5.32 Å². The molecule has 0 aliphatic rings. The molecular formula is C16H16FNO3. The van der Waals surface area contributed by atoms with Crippen LogP contribution in [0.3, 0.4) is 0 Å². The Morgan fingerprint density at radius 1 is 1.29 bits per heavy atom. The fourth-order valence-corrected chi connectivity index (χ4v) is 2.20. The summed E-state index contributed by atoms with van der Waals surface area (Å²) in [5.74, 6) is -1.64. The van der Waals surface area contributed by atoms with E-state index in [1.165, 1.54) is 18.2 Å². The van der Waals surface area contributed by atoms with E-state index in [1.54, 1.807) is 26.0 Å². The second-order valence-corrected chi connectivity index (χ2v) is 4.86. The predicted molar refractivity (Wildman–Crippen MR) is 78.2 cm³/mol. The molecule has 1 unspecified atom stereocenters. The highest BCUT2D eigenvalue weighted by molar-refractivity contribution is 5.91. The molecule has 0 saturated heterocycles. The van der Waals surface area contributed by atoms with E-state index in [1.807, 2.05) is 0 Å². The van der Waals surface area contributed by atoms with Crippen LogP contribution in [0.5, 0.6) is 5.75 Å². The van der Waals surface area contributed by atoms with Crippen molar-refractivity contribution in [3.05, 3.63) is 58.9 Å². The number of anilines is 1. The molecule has 0 aliphatic carbocycles. The molecule has 0 aliphatic heterocycles. The second kappa shape index (κ2) is 5.83. The van der Waals surface area contributed by atoms with Gasteiger partial charge in [-0.25, -0.2) is 9.18 Å². The van der Waals surface area contributed by atoms with Crippen molar-refractivity contribution in [3.63, 3.8) is 0 Å². The Hall–Kier alpha value is -2.56. The number of halogens is 1. The first-order chi connectivity index (χ1) is 9.90. The lowest BCUT2D eigenvalue weighted by molar-refractivity contribution is 0.0696. The summed E-state index contributed by atoms with van der Waals surface area (Å²) in [6.45, 7) is 3.47. The maximum absolute atomic E-state index is 13.8. The van der Waals surface area contributed by atoms with Gasteiger partial charge in [0.25, 0.3) is 0 Å². The Morgan fingerprint density at radius 2 is 2.00 bits per heavy atom. The fourth-order valence-electron chi connectivity index (χ4n) is 2.20. The van der Waals surface area contributed by atoms with Crippen LogP contribution in [0.2, 0.25) is 0 Å². The van der Waals surface area contributed by atoms with Crippen LogP contribution in [0, 0.1) is 12.7 Å². The van der Waals surface area contributed by atoms with Crippen LogP contribution in [0.15, 0.2) is 36.4 Å². The Kier molecular flexibility index (Phi) is 4.12. The first-order valence-electron chi connectivity index (χ1n) is 6.48. The zero-order chi connectivity index (χ0) is 15.6. The van der Waals surface area contributed by atoms with Gasteiger partial charge in [0.1, 0.15) is 11.6 Å². The number of aromatic hydroxyl groups is 1. The van der Waals surface area contributed by atoms with Crippen LogP contribution < -0.4 is 5.32 Å². The van der Waals surface area contributed by atoms with Crippen LogP contribution >= 0.6 is 0 Å². The van der Waals surface area contributed by atoms with Gasteiger partial charge in [-0.05, 0) is 37.6 Å². The van der Waals surface area contributed by atoms with E-state index in [0.29, 0.717) is 16.8 Å². The normalized spacial score (nSPS) is 12.0. The topological polar surface area (TPSA) is 69.6 Å². The molecule has 2 rings (SSSR count). The summed E-state index contributed by atoms with van der Waals surface area (Å²) < 4.78 is 13.8. The summed E-state index contributed by atoms with van der Waals surface area (Å²) in [5, 5.41) is 21.4. The number of benzene rings is 2. The molecule has 21 heavy (non-hydrogen) atoms. The lowest BCUT2D eigenvalue weighted by Gasteiger charge is -2.19. The Balaban J connectivity index is 2.29. The fraction of sp³-hybridized carbons (Fsp3) is 0.188. The minimum atomic E-state index is -1.00. The van der Waals surface area contributed by atoms with Gasteiger partial charge in [-0.1, -0.05) is 12.1 Å². The van der Waals surface area contributed by atoms with Gasteiger partial charge in [0.15, 0.2) is 0 Å². The van der Waals surface area contributed by atoms with E-state index in [-0.39, 0.29) is 17.4 Å². The second-order valence-electron chi connectivity index (χ2n) is 4.86. The number of carboxylic acids is 1. The largest absolute Gasteiger partial charge is 0.508 e. The maximum Gasteiger partial charge on any atom is 0.336 e. The number of carboxylic acid groups (broad SMARTS) is 1. The summed E-state index contributed by atoms with van der Waals surface area (Å²) in [6, 6.07) is 8.50. The maximum atomic E-state index is 13.8. The molecule has 3 N–H and O–H groups in total. The van der Waals surface area contributed by atoms with Gasteiger partial charge in [-0.3, -0.25) is 0 Å². The highest BCUT2D eigenvalue weighted by Crippen LogP contribution is 2.27. The molecule has 0 spiro atoms. The smallest absolute Gasteiger partial charge is 0.336 e. The molecule has 4 nitrogen and oxygen atoms in total. The molecule has 0 amide bonds. The lowest BCUT2D eigenvalue weighted by Crippen LogP contribution is -2.11. The number of aromatic carboxylic acids is 1. The molecule has 0 radical (unpaired) electrons. The number of carbonyl (C=O) groups is 1. The number of phenols is 1. The molecule has 1 atom stereocenters. The van der Waals surface area contributed by atoms with E-state index >= 15 is 0 Å². The molecular weight excluding hydrogens is 273 g/mol. The molecule has 5 heteroatoms. The van der Waals surface area contributed by atoms with Crippen LogP contribution in [-0.4, -0.2) is 16.2 Å². The lowest BCUT2D eigenvalue weighted by atomic mass is 10.0. The van der Waals surface area contributed by atoms with Crippen LogP contribution in [-0.2, 0) is 0 Å². The number of rotatable bonds is 4. The predicted octanol–water partition coefficient (Wildman–Crippen LogP) is 3.71. The minimum Gasteiger partial charge on any atom is -0.508 e. The molecule has 110 valence electrons. The first-order valence-corrected chi connectivity index (χ1v) is 6.48. The van der Waals surface area contributed by atoms with Gasteiger partial charge in [-0.15, -0.1) is 0 Å². The zero-order valence-corrected chi connectivity index (χ0v) is 11.7. The first kappa shape index (κ1) is 14.8. The summed E-state index contributed by atoms with van der Waals surface area (Å²) in [4.78, 5) is 11.1. The standard InChI is InChI=1S/C16H16FNO3/c1-9-12(16(20)21)4-3-5-15(9)18-10(2)13-7-6-11(19)8-14(13)17/h3-8,10,18-19H,1-2H3,(H,20,21). The van der Waals surface area contributed by atoms with Crippen molar-refractivity contribution in [1.29, 1.82) is 0 Å². The van der Waals surface area contributed by atoms with Crippen LogP contribution in [0.4, 0.5) is 10.1 Å². The molecule has 2 aromatic carbocycles. The average molecular weight is 289 g/mol. The van der Waals surface area contributed by atoms with Crippen molar-refractivity contribution in [2.45, 2.75) is 19.9 Å². The van der Waals surface area contributed by atoms with Crippen molar-refractivity contribution < 1.29 is 19.4 Å². The quantitative estimate of drug-likeness (QED) is 0.802. The highest BCUT2D eigenvalue weighted by Gasteiger charge is 2.15. The Bertz CT molecular complexity index is 685. The third-order valence-corrected chi connectivity index (χ3v) is 3.39. The molecule has 0 bridgehead atoms. The Morgan fingerprint density at radius 3 is 2.62 bits per heavy atom. The molecule has 0 saturated carbocycles. The monoisotopic (exact) mass is 289 g/mol. The van der Waals surface area contributed by atoms with Gasteiger partial charge in [0, 0.05) is 17.3 Å². The Labute approximate surface area is 121 Å². The van der Waals surface area contributed by atoms with Crippen molar-refractivity contribution in [3.8, 4) is 5.75 Å². The van der Waals surface area contributed by atoms with Gasteiger partial charge in [-0.2, -0.15) is 0 Å². The number of hydrogen-bond donors (Lipinski definition) is 3. The summed E-state index contributed by atoms with van der Waals surface area (Å²) >= 11 is 0. The van der Waals surface area contributed by atoms with E-state index in [0.717, 1.165) is 6.07 Å². The van der Waals surface area contributed by atoms with E-state index in [9.17, 15) is 14.3 Å². The SMILES string of the molecule is Cc1c(NC(C)c2ccc(O)cc2F)cccc1C(=O)O. The zero-order valence-electron chi connectivity index (χ0n) is 11.7. The van der Waals surface area contributed by atoms with E-state index in [2.05, 4.69) is 5.32 Å². The molecule has 2 aromatic rings. The van der Waals surface area contributed by atoms with E-state index in [4.69, 9.17) is 5.11 Å². The van der Waals surface area contributed by atoms with Crippen LogP contribution in [0.1, 0.15) is 34.5 Å². The van der Waals surface area contributed by atoms with Crippen molar-refractivity contribution in [1.82, 2.24) is 0 Å². The van der Waals surface area contributed by atoms with E-state index < -0.39 is 11.8 Å². The van der Waals surface area contributed by atoms with Crippen molar-refractivity contribution >= 4 is 11.7 Å². The van der Waals surface area contributed by atoms with Gasteiger partial charge < -0.3 is 15.5 Å². The minimum absolute atomic E-state index is 0.132. The molecule has 0 heterocycles. The number of nitrogens with one attached hydrogen (secondary N) is 1. The van der Waals surface area contributed by atoms with Gasteiger partial charge in [0.2, 0.25) is 0 Å². The average Bonchev–Trinajstić information content (AvgIpc) is 2.40. The summed E-state index contributed by atoms with van der Waals surface area (Å²) in [6.07, 6.45) is 0. The van der Waals surface area contributed by atoms with Gasteiger partial charge >= 0.3 is 5.97 Å².